The van der Waals surface area contributed by atoms with Gasteiger partial charge in [0.15, 0.2) is 0 Å². The summed E-state index contributed by atoms with van der Waals surface area (Å²) >= 11 is 4.96. The minimum Gasteiger partial charge on any atom is -0.363 e. The van der Waals surface area contributed by atoms with E-state index in [9.17, 15) is 0 Å². The van der Waals surface area contributed by atoms with E-state index in [2.05, 4.69) is 32.6 Å². The zero-order valence-corrected chi connectivity index (χ0v) is 8.82. The summed E-state index contributed by atoms with van der Waals surface area (Å²) in [6, 6.07) is 1.17. The molecule has 0 aromatic heterocycles. The molecule has 2 atom stereocenters. The fourth-order valence-corrected chi connectivity index (χ4v) is 1.48. The zero-order chi connectivity index (χ0) is 8.85. The Morgan fingerprint density at radius 2 is 1.55 bits per heavy atom. The molecule has 0 radical (unpaired) electrons. The standard InChI is InChI=1S/C9H19NS/c1-5-8(3)10(7-11)9(4)6-2/h7-9H,5-6H2,1-4H3. The van der Waals surface area contributed by atoms with Crippen LogP contribution >= 0.6 is 12.2 Å². The Morgan fingerprint density at radius 1 is 1.18 bits per heavy atom. The maximum absolute atomic E-state index is 4.96. The zero-order valence-electron chi connectivity index (χ0n) is 8.00. The molecule has 0 bridgehead atoms. The largest absolute Gasteiger partial charge is 0.363 e. The second-order valence-electron chi connectivity index (χ2n) is 3.07. The van der Waals surface area contributed by atoms with Gasteiger partial charge in [-0.1, -0.05) is 26.1 Å². The highest BCUT2D eigenvalue weighted by Gasteiger charge is 2.12. The van der Waals surface area contributed by atoms with Crippen molar-refractivity contribution >= 4 is 17.7 Å². The molecule has 0 N–H and O–H groups in total. The first-order valence-corrected chi connectivity index (χ1v) is 4.87. The van der Waals surface area contributed by atoms with E-state index in [0.29, 0.717) is 12.1 Å². The minimum atomic E-state index is 0.586. The van der Waals surface area contributed by atoms with Crippen molar-refractivity contribution in [3.05, 3.63) is 0 Å². The molecule has 2 unspecified atom stereocenters. The van der Waals surface area contributed by atoms with Gasteiger partial charge in [-0.3, -0.25) is 0 Å². The van der Waals surface area contributed by atoms with E-state index < -0.39 is 0 Å². The molecule has 0 saturated carbocycles. The molecule has 0 spiro atoms. The molecule has 0 heterocycles. The number of nitrogens with zero attached hydrogens (tertiary/aromatic N) is 1. The molecule has 11 heavy (non-hydrogen) atoms. The van der Waals surface area contributed by atoms with Crippen LogP contribution in [0.1, 0.15) is 40.5 Å². The summed E-state index contributed by atoms with van der Waals surface area (Å²) in [5.41, 5.74) is 1.79. The molecule has 0 aliphatic rings. The van der Waals surface area contributed by atoms with Crippen LogP contribution in [0.2, 0.25) is 0 Å². The van der Waals surface area contributed by atoms with Gasteiger partial charge in [0.25, 0.3) is 0 Å². The lowest BCUT2D eigenvalue weighted by molar-refractivity contribution is 0.263. The molecule has 0 aliphatic carbocycles. The van der Waals surface area contributed by atoms with Crippen molar-refractivity contribution in [2.24, 2.45) is 0 Å². The topological polar surface area (TPSA) is 3.24 Å². The van der Waals surface area contributed by atoms with Crippen molar-refractivity contribution in [1.82, 2.24) is 4.90 Å². The fraction of sp³-hybridized carbons (Fsp3) is 0.889. The monoisotopic (exact) mass is 173 g/mol. The Morgan fingerprint density at radius 3 is 1.73 bits per heavy atom. The molecule has 0 saturated heterocycles. The lowest BCUT2D eigenvalue weighted by atomic mass is 10.1. The van der Waals surface area contributed by atoms with Crippen molar-refractivity contribution in [1.29, 1.82) is 0 Å². The van der Waals surface area contributed by atoms with Crippen LogP contribution in [0.3, 0.4) is 0 Å². The second-order valence-corrected chi connectivity index (χ2v) is 3.28. The quantitative estimate of drug-likeness (QED) is 0.588. The summed E-state index contributed by atoms with van der Waals surface area (Å²) in [5.74, 6) is 0. The van der Waals surface area contributed by atoms with E-state index in [1.807, 2.05) is 0 Å². The predicted octanol–water partition coefficient (Wildman–Crippen LogP) is 2.84. The Balaban J connectivity index is 4.03. The van der Waals surface area contributed by atoms with Crippen LogP contribution in [0.25, 0.3) is 0 Å². The molecule has 66 valence electrons. The molecule has 1 nitrogen and oxygen atoms in total. The highest BCUT2D eigenvalue weighted by Crippen LogP contribution is 2.08. The molecule has 0 aromatic rings. The van der Waals surface area contributed by atoms with Gasteiger partial charge in [0.1, 0.15) is 0 Å². The Hall–Kier alpha value is -0.110. The van der Waals surface area contributed by atoms with E-state index in [0.717, 1.165) is 12.8 Å². The fourth-order valence-electron chi connectivity index (χ4n) is 1.06. The van der Waals surface area contributed by atoms with Gasteiger partial charge in [-0.15, -0.1) is 0 Å². The van der Waals surface area contributed by atoms with E-state index in [1.54, 1.807) is 5.49 Å². The summed E-state index contributed by atoms with van der Waals surface area (Å²) in [4.78, 5) is 2.26. The SMILES string of the molecule is CCC(C)N(C=S)C(C)CC. The van der Waals surface area contributed by atoms with Gasteiger partial charge in [-0.25, -0.2) is 0 Å². The van der Waals surface area contributed by atoms with Crippen LogP contribution < -0.4 is 0 Å². The molecule has 0 aromatic carbocycles. The van der Waals surface area contributed by atoms with Gasteiger partial charge in [-0.2, -0.15) is 0 Å². The van der Waals surface area contributed by atoms with Crippen molar-refractivity contribution < 1.29 is 0 Å². The third kappa shape index (κ3) is 3.19. The van der Waals surface area contributed by atoms with E-state index in [1.165, 1.54) is 0 Å². The average molecular weight is 173 g/mol. The number of hydrogen-bond donors (Lipinski definition) is 0. The lowest BCUT2D eigenvalue weighted by Gasteiger charge is -2.31. The number of thiocarbonyl (C=S) groups is 1. The van der Waals surface area contributed by atoms with Crippen LogP contribution in [0.5, 0.6) is 0 Å². The van der Waals surface area contributed by atoms with E-state index in [-0.39, 0.29) is 0 Å². The van der Waals surface area contributed by atoms with Crippen LogP contribution in [0.4, 0.5) is 0 Å². The summed E-state index contributed by atoms with van der Waals surface area (Å²) < 4.78 is 0. The Kier molecular flexibility index (Phi) is 5.47. The highest BCUT2D eigenvalue weighted by atomic mass is 32.1. The first-order chi connectivity index (χ1) is 5.17. The Labute approximate surface area is 75.8 Å². The third-order valence-corrected chi connectivity index (χ3v) is 2.56. The van der Waals surface area contributed by atoms with Gasteiger partial charge >= 0.3 is 0 Å². The first-order valence-electron chi connectivity index (χ1n) is 4.40. The predicted molar refractivity (Wildman–Crippen MR) is 55.0 cm³/mol. The molecule has 0 fully saturated rings. The minimum absolute atomic E-state index is 0.586. The van der Waals surface area contributed by atoms with Gasteiger partial charge in [-0.05, 0) is 26.7 Å². The van der Waals surface area contributed by atoms with Gasteiger partial charge < -0.3 is 4.90 Å². The maximum atomic E-state index is 4.96. The summed E-state index contributed by atoms with van der Waals surface area (Å²) in [6.45, 7) is 8.82. The van der Waals surface area contributed by atoms with E-state index in [4.69, 9.17) is 12.2 Å². The van der Waals surface area contributed by atoms with Crippen LogP contribution in [-0.4, -0.2) is 22.5 Å². The van der Waals surface area contributed by atoms with Crippen LogP contribution in [0, 0.1) is 0 Å². The van der Waals surface area contributed by atoms with Crippen molar-refractivity contribution in [2.45, 2.75) is 52.6 Å². The number of rotatable bonds is 5. The highest BCUT2D eigenvalue weighted by molar-refractivity contribution is 7.78. The summed E-state index contributed by atoms with van der Waals surface area (Å²) in [6.07, 6.45) is 2.33. The van der Waals surface area contributed by atoms with Crippen molar-refractivity contribution in [2.75, 3.05) is 0 Å². The lowest BCUT2D eigenvalue weighted by Crippen LogP contribution is -2.37. The maximum Gasteiger partial charge on any atom is 0.0645 e. The average Bonchev–Trinajstić information content (AvgIpc) is 2.05. The molecule has 0 amide bonds. The second kappa shape index (κ2) is 5.53. The molecule has 0 aliphatic heterocycles. The summed E-state index contributed by atoms with van der Waals surface area (Å²) in [7, 11) is 0. The number of hydrogen-bond acceptors (Lipinski definition) is 1. The molecular formula is C9H19NS. The van der Waals surface area contributed by atoms with E-state index >= 15 is 0 Å². The normalized spacial score (nSPS) is 15.6. The van der Waals surface area contributed by atoms with Crippen molar-refractivity contribution in [3.63, 3.8) is 0 Å². The van der Waals surface area contributed by atoms with Gasteiger partial charge in [0.05, 0.1) is 5.49 Å². The smallest absolute Gasteiger partial charge is 0.0645 e. The first kappa shape index (κ1) is 10.9. The van der Waals surface area contributed by atoms with Gasteiger partial charge in [0.2, 0.25) is 0 Å². The van der Waals surface area contributed by atoms with Crippen LogP contribution in [0.15, 0.2) is 0 Å². The van der Waals surface area contributed by atoms with Gasteiger partial charge in [0, 0.05) is 12.1 Å². The molecular weight excluding hydrogens is 154 g/mol. The summed E-state index contributed by atoms with van der Waals surface area (Å²) in [5, 5.41) is 0. The van der Waals surface area contributed by atoms with Crippen LogP contribution in [-0.2, 0) is 0 Å². The molecule has 2 heteroatoms. The molecule has 0 rings (SSSR count). The third-order valence-electron chi connectivity index (χ3n) is 2.32. The Bertz CT molecular complexity index is 104. The van der Waals surface area contributed by atoms with Crippen molar-refractivity contribution in [3.8, 4) is 0 Å².